The quantitative estimate of drug-likeness (QED) is 0.431. The standard InChI is InChI=1S/C29H39N5O4/c1-5-8-22-24-25(33(4)32-22)27(35)31-26(30-24)21-17-20(9-10-23(21)37-6-2)34-15-13-29(14-16-34)12-11-19(18-29)28(36)38-7-3/h9-10,17,19H,5-8,11-16,18H2,1-4H3,(H,30,31,35). The molecule has 1 saturated heterocycles. The first-order valence-corrected chi connectivity index (χ1v) is 14.0. The number of aromatic amines is 1. The van der Waals surface area contributed by atoms with E-state index in [0.29, 0.717) is 35.8 Å². The summed E-state index contributed by atoms with van der Waals surface area (Å²) in [5.41, 5.74) is 3.87. The number of aryl methyl sites for hydroxylation is 2. The van der Waals surface area contributed by atoms with Crippen LogP contribution in [0, 0.1) is 11.3 Å². The zero-order valence-electron chi connectivity index (χ0n) is 23.0. The third-order valence-corrected chi connectivity index (χ3v) is 8.28. The molecule has 2 aromatic heterocycles. The number of H-pyrrole nitrogens is 1. The molecule has 1 atom stereocenters. The van der Waals surface area contributed by atoms with Gasteiger partial charge in [-0.25, -0.2) is 4.98 Å². The SMILES string of the molecule is CCCc1nn(C)c2c(=O)[nH]c(-c3cc(N4CCC5(CCC(C(=O)OCC)C5)CC4)ccc3OCC)nc12. The molecule has 2 aliphatic rings. The Morgan fingerprint density at radius 2 is 1.95 bits per heavy atom. The molecule has 1 N–H and O–H groups in total. The van der Waals surface area contributed by atoms with Gasteiger partial charge in [-0.1, -0.05) is 13.3 Å². The van der Waals surface area contributed by atoms with Crippen LogP contribution in [0.4, 0.5) is 5.69 Å². The van der Waals surface area contributed by atoms with Crippen molar-refractivity contribution >= 4 is 22.7 Å². The average Bonchev–Trinajstić information content (AvgIpc) is 3.46. The van der Waals surface area contributed by atoms with Crippen molar-refractivity contribution in [3.8, 4) is 17.1 Å². The molecule has 2 fully saturated rings. The Morgan fingerprint density at radius 3 is 2.66 bits per heavy atom. The Hall–Kier alpha value is -3.36. The second kappa shape index (κ2) is 10.8. The van der Waals surface area contributed by atoms with E-state index in [1.165, 1.54) is 0 Å². The lowest BCUT2D eigenvalue weighted by Gasteiger charge is -2.40. The molecule has 3 heterocycles. The molecule has 0 amide bonds. The summed E-state index contributed by atoms with van der Waals surface area (Å²) in [6, 6.07) is 6.15. The first-order valence-electron chi connectivity index (χ1n) is 14.0. The fourth-order valence-electron chi connectivity index (χ4n) is 6.32. The first-order chi connectivity index (χ1) is 18.4. The molecule has 1 spiro atoms. The van der Waals surface area contributed by atoms with Crippen LogP contribution in [-0.2, 0) is 23.0 Å². The highest BCUT2D eigenvalue weighted by Gasteiger charge is 2.44. The summed E-state index contributed by atoms with van der Waals surface area (Å²) in [4.78, 5) is 35.7. The van der Waals surface area contributed by atoms with Crippen molar-refractivity contribution in [3.05, 3.63) is 34.2 Å². The van der Waals surface area contributed by atoms with Gasteiger partial charge in [-0.15, -0.1) is 0 Å². The van der Waals surface area contributed by atoms with E-state index in [2.05, 4.69) is 34.0 Å². The summed E-state index contributed by atoms with van der Waals surface area (Å²) in [6.45, 7) is 8.73. The number of carbonyl (C=O) groups is 1. The first kappa shape index (κ1) is 26.3. The second-order valence-corrected chi connectivity index (χ2v) is 10.7. The molecule has 1 aromatic carbocycles. The number of aromatic nitrogens is 4. The van der Waals surface area contributed by atoms with Crippen LogP contribution in [0.1, 0.15) is 65.0 Å². The zero-order chi connectivity index (χ0) is 26.9. The van der Waals surface area contributed by atoms with Gasteiger partial charge in [0.05, 0.1) is 30.4 Å². The average molecular weight is 522 g/mol. The summed E-state index contributed by atoms with van der Waals surface area (Å²) in [7, 11) is 1.78. The summed E-state index contributed by atoms with van der Waals surface area (Å²) >= 11 is 0. The Bertz CT molecular complexity index is 1370. The van der Waals surface area contributed by atoms with E-state index in [4.69, 9.17) is 14.5 Å². The Morgan fingerprint density at radius 1 is 1.16 bits per heavy atom. The molecule has 1 saturated carbocycles. The number of esters is 1. The molecule has 1 aliphatic heterocycles. The van der Waals surface area contributed by atoms with Crippen LogP contribution in [0.3, 0.4) is 0 Å². The Kier molecular flexibility index (Phi) is 7.45. The van der Waals surface area contributed by atoms with E-state index in [0.717, 1.165) is 75.0 Å². The number of nitrogens with one attached hydrogen (secondary N) is 1. The van der Waals surface area contributed by atoms with Crippen LogP contribution in [0.5, 0.6) is 5.75 Å². The highest BCUT2D eigenvalue weighted by atomic mass is 16.5. The van der Waals surface area contributed by atoms with Gasteiger partial charge in [0.2, 0.25) is 0 Å². The Labute approximate surface area is 223 Å². The van der Waals surface area contributed by atoms with Gasteiger partial charge in [-0.05, 0) is 76.0 Å². The third-order valence-electron chi connectivity index (χ3n) is 8.28. The summed E-state index contributed by atoms with van der Waals surface area (Å²) in [5, 5.41) is 4.55. The van der Waals surface area contributed by atoms with Crippen molar-refractivity contribution in [3.63, 3.8) is 0 Å². The number of rotatable bonds is 8. The van der Waals surface area contributed by atoms with Crippen molar-refractivity contribution in [2.45, 2.75) is 65.7 Å². The van der Waals surface area contributed by atoms with Crippen LogP contribution in [-0.4, -0.2) is 52.0 Å². The van der Waals surface area contributed by atoms with Gasteiger partial charge in [0.25, 0.3) is 5.56 Å². The maximum Gasteiger partial charge on any atom is 0.308 e. The second-order valence-electron chi connectivity index (χ2n) is 10.7. The van der Waals surface area contributed by atoms with Gasteiger partial charge in [0.15, 0.2) is 5.52 Å². The van der Waals surface area contributed by atoms with Gasteiger partial charge in [-0.2, -0.15) is 5.10 Å². The lowest BCUT2D eigenvalue weighted by atomic mass is 9.76. The normalized spacial score (nSPS) is 18.8. The van der Waals surface area contributed by atoms with E-state index in [-0.39, 0.29) is 22.9 Å². The maximum absolute atomic E-state index is 13.1. The lowest BCUT2D eigenvalue weighted by Crippen LogP contribution is -2.39. The highest BCUT2D eigenvalue weighted by Crippen LogP contribution is 2.50. The summed E-state index contributed by atoms with van der Waals surface area (Å²) in [5.74, 6) is 1.21. The number of hydrogen-bond donors (Lipinski definition) is 1. The van der Waals surface area contributed by atoms with Gasteiger partial charge < -0.3 is 19.4 Å². The van der Waals surface area contributed by atoms with Crippen LogP contribution >= 0.6 is 0 Å². The smallest absolute Gasteiger partial charge is 0.308 e. The minimum Gasteiger partial charge on any atom is -0.493 e. The molecule has 0 bridgehead atoms. The number of piperidine rings is 1. The molecular formula is C29H39N5O4. The third kappa shape index (κ3) is 4.90. The number of hydrogen-bond acceptors (Lipinski definition) is 7. The monoisotopic (exact) mass is 521 g/mol. The van der Waals surface area contributed by atoms with Crippen LogP contribution < -0.4 is 15.2 Å². The molecule has 1 aliphatic carbocycles. The molecular weight excluding hydrogens is 482 g/mol. The number of fused-ring (bicyclic) bond motifs is 1. The molecule has 9 heteroatoms. The van der Waals surface area contributed by atoms with E-state index >= 15 is 0 Å². The maximum atomic E-state index is 13.1. The van der Waals surface area contributed by atoms with Crippen molar-refractivity contribution in [2.24, 2.45) is 18.4 Å². The Balaban J connectivity index is 1.42. The van der Waals surface area contributed by atoms with E-state index < -0.39 is 0 Å². The van der Waals surface area contributed by atoms with Gasteiger partial charge >= 0.3 is 5.97 Å². The molecule has 38 heavy (non-hydrogen) atoms. The van der Waals surface area contributed by atoms with Crippen LogP contribution in [0.25, 0.3) is 22.4 Å². The summed E-state index contributed by atoms with van der Waals surface area (Å²) < 4.78 is 12.9. The number of benzene rings is 1. The minimum atomic E-state index is -0.201. The fraction of sp³-hybridized carbons (Fsp3) is 0.586. The highest BCUT2D eigenvalue weighted by molar-refractivity contribution is 5.80. The predicted octanol–water partition coefficient (Wildman–Crippen LogP) is 4.62. The number of nitrogens with zero attached hydrogens (tertiary/aromatic N) is 4. The largest absolute Gasteiger partial charge is 0.493 e. The van der Waals surface area contributed by atoms with Gasteiger partial charge in [-0.3, -0.25) is 14.3 Å². The predicted molar refractivity (Wildman–Crippen MR) is 148 cm³/mol. The summed E-state index contributed by atoms with van der Waals surface area (Å²) in [6.07, 6.45) is 6.76. The van der Waals surface area contributed by atoms with Crippen LogP contribution in [0.2, 0.25) is 0 Å². The van der Waals surface area contributed by atoms with Crippen molar-refractivity contribution < 1.29 is 14.3 Å². The fourth-order valence-corrected chi connectivity index (χ4v) is 6.32. The van der Waals surface area contributed by atoms with Gasteiger partial charge in [0.1, 0.15) is 17.1 Å². The molecule has 3 aromatic rings. The number of anilines is 1. The van der Waals surface area contributed by atoms with E-state index in [9.17, 15) is 9.59 Å². The van der Waals surface area contributed by atoms with Crippen molar-refractivity contribution in [1.29, 1.82) is 0 Å². The van der Waals surface area contributed by atoms with Crippen molar-refractivity contribution in [1.82, 2.24) is 19.7 Å². The van der Waals surface area contributed by atoms with Crippen molar-refractivity contribution in [2.75, 3.05) is 31.2 Å². The molecule has 9 nitrogen and oxygen atoms in total. The van der Waals surface area contributed by atoms with Gasteiger partial charge in [0, 0.05) is 25.8 Å². The molecule has 5 rings (SSSR count). The van der Waals surface area contributed by atoms with Crippen LogP contribution in [0.15, 0.2) is 23.0 Å². The van der Waals surface area contributed by atoms with E-state index in [1.54, 1.807) is 11.7 Å². The number of carbonyl (C=O) groups excluding carboxylic acids is 1. The molecule has 204 valence electrons. The number of ether oxygens (including phenoxy) is 2. The molecule has 1 unspecified atom stereocenters. The minimum absolute atomic E-state index is 0.0304. The topological polar surface area (TPSA) is 102 Å². The lowest BCUT2D eigenvalue weighted by molar-refractivity contribution is -0.148. The zero-order valence-corrected chi connectivity index (χ0v) is 23.0. The van der Waals surface area contributed by atoms with E-state index in [1.807, 2.05) is 19.9 Å². The molecule has 0 radical (unpaired) electrons.